The van der Waals surface area contributed by atoms with Crippen LogP contribution in [0.3, 0.4) is 0 Å². The molecule has 0 aliphatic carbocycles. The third-order valence-electron chi connectivity index (χ3n) is 5.48. The Bertz CT molecular complexity index is 1260. The molecule has 2 heterocycles. The van der Waals surface area contributed by atoms with Gasteiger partial charge in [-0.3, -0.25) is 0 Å². The van der Waals surface area contributed by atoms with E-state index in [1.165, 1.54) is 0 Å². The molecule has 0 aliphatic heterocycles. The zero-order valence-electron chi connectivity index (χ0n) is 19.1. The standard InChI is InChI=1S/C27H27ClN2O2/c1-17-13-20(27(2,3)4)21(28)14-19(17)23-15-24(32-16-18-9-7-6-8-10-18)25-22(30-23)11-12-29-26(25)31-5/h6-15H,16H2,1-5H3. The molecule has 4 nitrogen and oxygen atoms in total. The number of methoxy groups -OCH3 is 1. The monoisotopic (exact) mass is 446 g/mol. The van der Waals surface area contributed by atoms with Gasteiger partial charge in [0.1, 0.15) is 17.7 Å². The second-order valence-electron chi connectivity index (χ2n) is 8.89. The summed E-state index contributed by atoms with van der Waals surface area (Å²) in [6.07, 6.45) is 1.70. The number of benzene rings is 2. The summed E-state index contributed by atoms with van der Waals surface area (Å²) in [5.41, 5.74) is 5.80. The van der Waals surface area contributed by atoms with Gasteiger partial charge in [0.25, 0.3) is 0 Å². The first-order valence-electron chi connectivity index (χ1n) is 10.6. The lowest BCUT2D eigenvalue weighted by Crippen LogP contribution is -2.12. The molecule has 0 fully saturated rings. The van der Waals surface area contributed by atoms with Gasteiger partial charge in [0, 0.05) is 22.8 Å². The Morgan fingerprint density at radius 2 is 1.75 bits per heavy atom. The second kappa shape index (κ2) is 8.79. The van der Waals surface area contributed by atoms with Crippen molar-refractivity contribution in [3.05, 3.63) is 82.5 Å². The van der Waals surface area contributed by atoms with Crippen LogP contribution in [-0.4, -0.2) is 17.1 Å². The molecule has 0 N–H and O–H groups in total. The van der Waals surface area contributed by atoms with Gasteiger partial charge in [-0.1, -0.05) is 68.8 Å². The summed E-state index contributed by atoms with van der Waals surface area (Å²) >= 11 is 6.69. The highest BCUT2D eigenvalue weighted by Crippen LogP contribution is 2.39. The number of aryl methyl sites for hydroxylation is 1. The Hall–Kier alpha value is -3.11. The van der Waals surface area contributed by atoms with Crippen LogP contribution >= 0.6 is 11.6 Å². The molecule has 0 radical (unpaired) electrons. The minimum atomic E-state index is -0.0415. The first-order chi connectivity index (χ1) is 15.3. The average Bonchev–Trinajstić information content (AvgIpc) is 2.78. The van der Waals surface area contributed by atoms with Crippen LogP contribution < -0.4 is 9.47 Å². The SMILES string of the molecule is COc1nccc2nc(-c3cc(Cl)c(C(C)(C)C)cc3C)cc(OCc3ccccc3)c12. The van der Waals surface area contributed by atoms with Crippen LogP contribution in [0.15, 0.2) is 60.8 Å². The molecule has 0 atom stereocenters. The molecular formula is C27H27ClN2O2. The summed E-state index contributed by atoms with van der Waals surface area (Å²) in [6, 6.07) is 18.0. The van der Waals surface area contributed by atoms with Gasteiger partial charge in [0.15, 0.2) is 0 Å². The smallest absolute Gasteiger partial charge is 0.226 e. The van der Waals surface area contributed by atoms with E-state index in [2.05, 4.69) is 38.7 Å². The third-order valence-corrected chi connectivity index (χ3v) is 5.79. The molecule has 0 amide bonds. The van der Waals surface area contributed by atoms with Gasteiger partial charge in [-0.25, -0.2) is 9.97 Å². The van der Waals surface area contributed by atoms with Gasteiger partial charge < -0.3 is 9.47 Å². The number of hydrogen-bond donors (Lipinski definition) is 0. The highest BCUT2D eigenvalue weighted by molar-refractivity contribution is 6.31. The van der Waals surface area contributed by atoms with Crippen molar-refractivity contribution in [2.45, 2.75) is 39.7 Å². The van der Waals surface area contributed by atoms with Crippen LogP contribution in [0.1, 0.15) is 37.5 Å². The number of rotatable bonds is 5. The third kappa shape index (κ3) is 4.42. The van der Waals surface area contributed by atoms with E-state index in [0.717, 1.165) is 43.9 Å². The van der Waals surface area contributed by atoms with Crippen molar-refractivity contribution in [2.75, 3.05) is 7.11 Å². The summed E-state index contributed by atoms with van der Waals surface area (Å²) in [4.78, 5) is 9.26. The summed E-state index contributed by atoms with van der Waals surface area (Å²) in [6.45, 7) is 9.01. The number of aromatic nitrogens is 2. The lowest BCUT2D eigenvalue weighted by Gasteiger charge is -2.22. The zero-order valence-corrected chi connectivity index (χ0v) is 19.8. The van der Waals surface area contributed by atoms with Crippen molar-refractivity contribution in [1.29, 1.82) is 0 Å². The quantitative estimate of drug-likeness (QED) is 0.326. The first kappa shape index (κ1) is 22.1. The number of fused-ring (bicyclic) bond motifs is 1. The fraction of sp³-hybridized carbons (Fsp3) is 0.259. The van der Waals surface area contributed by atoms with E-state index in [4.69, 9.17) is 26.1 Å². The minimum Gasteiger partial charge on any atom is -0.488 e. The summed E-state index contributed by atoms with van der Waals surface area (Å²) in [7, 11) is 1.60. The van der Waals surface area contributed by atoms with Crippen LogP contribution in [0.25, 0.3) is 22.2 Å². The molecule has 2 aromatic carbocycles. The maximum Gasteiger partial charge on any atom is 0.226 e. The summed E-state index contributed by atoms with van der Waals surface area (Å²) in [5, 5.41) is 1.49. The van der Waals surface area contributed by atoms with Crippen molar-refractivity contribution in [2.24, 2.45) is 0 Å². The maximum atomic E-state index is 6.69. The van der Waals surface area contributed by atoms with E-state index in [1.807, 2.05) is 48.5 Å². The molecular weight excluding hydrogens is 420 g/mol. The lowest BCUT2D eigenvalue weighted by molar-refractivity contribution is 0.308. The predicted octanol–water partition coefficient (Wildman–Crippen LogP) is 7.14. The molecule has 0 spiro atoms. The van der Waals surface area contributed by atoms with E-state index in [9.17, 15) is 0 Å². The van der Waals surface area contributed by atoms with Crippen molar-refractivity contribution in [3.63, 3.8) is 0 Å². The molecule has 0 aliphatic rings. The zero-order chi connectivity index (χ0) is 22.9. The molecule has 4 rings (SSSR count). The van der Waals surface area contributed by atoms with E-state index in [1.54, 1.807) is 13.3 Å². The highest BCUT2D eigenvalue weighted by Gasteiger charge is 2.21. The minimum absolute atomic E-state index is 0.0415. The molecule has 5 heteroatoms. The Morgan fingerprint density at radius 1 is 1.00 bits per heavy atom. The largest absolute Gasteiger partial charge is 0.488 e. The number of ether oxygens (including phenoxy) is 2. The fourth-order valence-electron chi connectivity index (χ4n) is 3.79. The molecule has 164 valence electrons. The normalized spacial score (nSPS) is 11.6. The maximum absolute atomic E-state index is 6.69. The number of nitrogens with zero attached hydrogens (tertiary/aromatic N) is 2. The predicted molar refractivity (Wildman–Crippen MR) is 131 cm³/mol. The molecule has 2 aromatic heterocycles. The van der Waals surface area contributed by atoms with Crippen LogP contribution in [-0.2, 0) is 12.0 Å². The average molecular weight is 447 g/mol. The van der Waals surface area contributed by atoms with Crippen LogP contribution in [0.4, 0.5) is 0 Å². The van der Waals surface area contributed by atoms with Crippen molar-refractivity contribution >= 4 is 22.5 Å². The molecule has 4 aromatic rings. The van der Waals surface area contributed by atoms with Crippen molar-refractivity contribution in [1.82, 2.24) is 9.97 Å². The number of hydrogen-bond acceptors (Lipinski definition) is 4. The van der Waals surface area contributed by atoms with Crippen molar-refractivity contribution in [3.8, 4) is 22.9 Å². The topological polar surface area (TPSA) is 44.2 Å². The fourth-order valence-corrected chi connectivity index (χ4v) is 4.24. The molecule has 0 saturated carbocycles. The van der Waals surface area contributed by atoms with E-state index < -0.39 is 0 Å². The van der Waals surface area contributed by atoms with Crippen molar-refractivity contribution < 1.29 is 9.47 Å². The van der Waals surface area contributed by atoms with Gasteiger partial charge in [0.2, 0.25) is 5.88 Å². The Morgan fingerprint density at radius 3 is 2.44 bits per heavy atom. The molecule has 0 unspecified atom stereocenters. The van der Waals surface area contributed by atoms with E-state index >= 15 is 0 Å². The Labute approximate surface area is 194 Å². The van der Waals surface area contributed by atoms with Gasteiger partial charge in [-0.05, 0) is 41.2 Å². The lowest BCUT2D eigenvalue weighted by atomic mass is 9.85. The highest BCUT2D eigenvalue weighted by atomic mass is 35.5. The molecule has 0 bridgehead atoms. The van der Waals surface area contributed by atoms with E-state index in [-0.39, 0.29) is 5.41 Å². The number of halogens is 1. The first-order valence-corrected chi connectivity index (χ1v) is 11.0. The molecule has 32 heavy (non-hydrogen) atoms. The summed E-state index contributed by atoms with van der Waals surface area (Å²) < 4.78 is 11.8. The Kier molecular flexibility index (Phi) is 6.07. The van der Waals surface area contributed by atoms with Gasteiger partial charge >= 0.3 is 0 Å². The Balaban J connectivity index is 1.85. The second-order valence-corrected chi connectivity index (χ2v) is 9.30. The van der Waals surface area contributed by atoms with Gasteiger partial charge in [-0.15, -0.1) is 0 Å². The number of pyridine rings is 2. The van der Waals surface area contributed by atoms with Crippen LogP contribution in [0.2, 0.25) is 5.02 Å². The van der Waals surface area contributed by atoms with Crippen LogP contribution in [0.5, 0.6) is 11.6 Å². The summed E-state index contributed by atoms with van der Waals surface area (Å²) in [5.74, 6) is 1.16. The van der Waals surface area contributed by atoms with Crippen LogP contribution in [0, 0.1) is 6.92 Å². The molecule has 0 saturated heterocycles. The van der Waals surface area contributed by atoms with Gasteiger partial charge in [-0.2, -0.15) is 0 Å². The van der Waals surface area contributed by atoms with Gasteiger partial charge in [0.05, 0.1) is 18.3 Å². The van der Waals surface area contributed by atoms with E-state index in [0.29, 0.717) is 18.2 Å².